The van der Waals surface area contributed by atoms with Crippen molar-refractivity contribution in [2.75, 3.05) is 18.5 Å². The maximum absolute atomic E-state index is 12.5. The predicted molar refractivity (Wildman–Crippen MR) is 101 cm³/mol. The SMILES string of the molecule is O=C(COC(=O)c1cccc(CN2CCCC2=O)c1)Nc1ccc(C(F)(F)F)cc1. The van der Waals surface area contributed by atoms with Crippen molar-refractivity contribution in [3.63, 3.8) is 0 Å². The molecule has 9 heteroatoms. The third-order valence-corrected chi connectivity index (χ3v) is 4.54. The van der Waals surface area contributed by atoms with Crippen molar-refractivity contribution in [1.82, 2.24) is 4.90 Å². The van der Waals surface area contributed by atoms with Gasteiger partial charge in [-0.3, -0.25) is 9.59 Å². The number of esters is 1. The van der Waals surface area contributed by atoms with Gasteiger partial charge < -0.3 is 15.0 Å². The first-order chi connectivity index (χ1) is 14.2. The van der Waals surface area contributed by atoms with Crippen LogP contribution in [0.15, 0.2) is 48.5 Å². The van der Waals surface area contributed by atoms with E-state index in [9.17, 15) is 27.6 Å². The number of rotatable bonds is 6. The maximum Gasteiger partial charge on any atom is 0.416 e. The Hall–Kier alpha value is -3.36. The van der Waals surface area contributed by atoms with Gasteiger partial charge in [-0.25, -0.2) is 4.79 Å². The minimum atomic E-state index is -4.46. The number of halogens is 3. The second-order valence-corrected chi connectivity index (χ2v) is 6.82. The molecule has 1 saturated heterocycles. The molecule has 0 saturated carbocycles. The molecular formula is C21H19F3N2O4. The predicted octanol–water partition coefficient (Wildman–Crippen LogP) is 3.62. The lowest BCUT2D eigenvalue weighted by Crippen LogP contribution is -2.24. The van der Waals surface area contributed by atoms with Crippen molar-refractivity contribution >= 4 is 23.5 Å². The Balaban J connectivity index is 1.52. The smallest absolute Gasteiger partial charge is 0.416 e. The molecule has 30 heavy (non-hydrogen) atoms. The van der Waals surface area contributed by atoms with Gasteiger partial charge in [0, 0.05) is 25.2 Å². The molecule has 158 valence electrons. The molecule has 0 radical (unpaired) electrons. The minimum absolute atomic E-state index is 0.0721. The minimum Gasteiger partial charge on any atom is -0.452 e. The highest BCUT2D eigenvalue weighted by Crippen LogP contribution is 2.29. The van der Waals surface area contributed by atoms with Crippen LogP contribution in [-0.4, -0.2) is 35.8 Å². The largest absolute Gasteiger partial charge is 0.452 e. The number of amides is 2. The lowest BCUT2D eigenvalue weighted by atomic mass is 10.1. The Morgan fingerprint density at radius 1 is 1.10 bits per heavy atom. The van der Waals surface area contributed by atoms with Gasteiger partial charge >= 0.3 is 12.1 Å². The van der Waals surface area contributed by atoms with Crippen LogP contribution in [0.3, 0.4) is 0 Å². The lowest BCUT2D eigenvalue weighted by Gasteiger charge is -2.15. The number of carbonyl (C=O) groups is 3. The van der Waals surface area contributed by atoms with Crippen LogP contribution in [-0.2, 0) is 27.0 Å². The number of nitrogens with one attached hydrogen (secondary N) is 1. The summed E-state index contributed by atoms with van der Waals surface area (Å²) in [6.45, 7) is 0.487. The molecule has 2 aromatic rings. The molecule has 1 N–H and O–H groups in total. The van der Waals surface area contributed by atoms with Gasteiger partial charge in [0.05, 0.1) is 11.1 Å². The number of ether oxygens (including phenoxy) is 1. The zero-order valence-electron chi connectivity index (χ0n) is 15.9. The topological polar surface area (TPSA) is 75.7 Å². The summed E-state index contributed by atoms with van der Waals surface area (Å²) in [5.74, 6) is -1.32. The molecule has 0 bridgehead atoms. The van der Waals surface area contributed by atoms with Gasteiger partial charge in [-0.15, -0.1) is 0 Å². The van der Waals surface area contributed by atoms with Crippen molar-refractivity contribution < 1.29 is 32.3 Å². The van der Waals surface area contributed by atoms with Gasteiger partial charge in [-0.2, -0.15) is 13.2 Å². The Morgan fingerprint density at radius 3 is 2.47 bits per heavy atom. The standard InChI is InChI=1S/C21H19F3N2O4/c22-21(23,24)16-6-8-17(9-7-16)25-18(27)13-30-20(29)15-4-1-3-14(11-15)12-26-10-2-5-19(26)28/h1,3-4,6-9,11H,2,5,10,12-13H2,(H,25,27). The quantitative estimate of drug-likeness (QED) is 0.725. The van der Waals surface area contributed by atoms with Crippen molar-refractivity contribution in [1.29, 1.82) is 0 Å². The molecule has 0 spiro atoms. The van der Waals surface area contributed by atoms with Crippen LogP contribution in [0.25, 0.3) is 0 Å². The van der Waals surface area contributed by atoms with Crippen molar-refractivity contribution in [3.05, 3.63) is 65.2 Å². The summed E-state index contributed by atoms with van der Waals surface area (Å²) in [4.78, 5) is 37.5. The Kier molecular flexibility index (Phi) is 6.39. The highest BCUT2D eigenvalue weighted by Gasteiger charge is 2.30. The van der Waals surface area contributed by atoms with Crippen molar-refractivity contribution in [2.45, 2.75) is 25.6 Å². The second-order valence-electron chi connectivity index (χ2n) is 6.82. The first-order valence-electron chi connectivity index (χ1n) is 9.23. The lowest BCUT2D eigenvalue weighted by molar-refractivity contribution is -0.137. The van der Waals surface area contributed by atoms with E-state index in [0.29, 0.717) is 19.5 Å². The van der Waals surface area contributed by atoms with E-state index in [4.69, 9.17) is 4.74 Å². The van der Waals surface area contributed by atoms with Gasteiger partial charge in [0.15, 0.2) is 6.61 Å². The second kappa shape index (κ2) is 8.98. The molecule has 3 rings (SSSR count). The van der Waals surface area contributed by atoms with Crippen LogP contribution in [0.1, 0.15) is 34.3 Å². The van der Waals surface area contributed by atoms with E-state index in [2.05, 4.69) is 5.32 Å². The maximum atomic E-state index is 12.5. The molecule has 0 aromatic heterocycles. The van der Waals surface area contributed by atoms with Gasteiger partial charge in [-0.1, -0.05) is 12.1 Å². The van der Waals surface area contributed by atoms with E-state index >= 15 is 0 Å². The van der Waals surface area contributed by atoms with E-state index in [-0.39, 0.29) is 17.2 Å². The monoisotopic (exact) mass is 420 g/mol. The van der Waals surface area contributed by atoms with Gasteiger partial charge in [-0.05, 0) is 48.4 Å². The summed E-state index contributed by atoms with van der Waals surface area (Å²) in [6, 6.07) is 10.5. The third-order valence-electron chi connectivity index (χ3n) is 4.54. The molecule has 2 amide bonds. The summed E-state index contributed by atoms with van der Waals surface area (Å²) in [5, 5.41) is 2.36. The molecule has 2 aromatic carbocycles. The first kappa shape index (κ1) is 21.4. The summed E-state index contributed by atoms with van der Waals surface area (Å²) >= 11 is 0. The van der Waals surface area contributed by atoms with Crippen molar-refractivity contribution in [2.24, 2.45) is 0 Å². The Labute approximate surface area is 170 Å². The average Bonchev–Trinajstić information content (AvgIpc) is 3.10. The number of carbonyl (C=O) groups excluding carboxylic acids is 3. The van der Waals surface area contributed by atoms with E-state index in [1.54, 1.807) is 23.1 Å². The van der Waals surface area contributed by atoms with Crippen molar-refractivity contribution in [3.8, 4) is 0 Å². The number of likely N-dealkylation sites (tertiary alicyclic amines) is 1. The molecule has 1 aliphatic rings. The highest BCUT2D eigenvalue weighted by molar-refractivity contribution is 5.95. The number of nitrogens with zero attached hydrogens (tertiary/aromatic N) is 1. The third kappa shape index (κ3) is 5.59. The Morgan fingerprint density at radius 2 is 1.83 bits per heavy atom. The van der Waals surface area contributed by atoms with E-state index in [1.165, 1.54) is 6.07 Å². The zero-order chi connectivity index (χ0) is 21.7. The summed E-state index contributed by atoms with van der Waals surface area (Å²) in [7, 11) is 0. The highest BCUT2D eigenvalue weighted by atomic mass is 19.4. The molecule has 1 aliphatic heterocycles. The van der Waals surface area contributed by atoms with Crippen LogP contribution in [0, 0.1) is 0 Å². The molecule has 0 atom stereocenters. The number of hydrogen-bond acceptors (Lipinski definition) is 4. The van der Waals surface area contributed by atoms with E-state index in [1.807, 2.05) is 0 Å². The number of alkyl halides is 3. The van der Waals surface area contributed by atoms with Crippen LogP contribution in [0.4, 0.5) is 18.9 Å². The van der Waals surface area contributed by atoms with Gasteiger partial charge in [0.1, 0.15) is 0 Å². The summed E-state index contributed by atoms with van der Waals surface area (Å²) in [6.07, 6.45) is -3.13. The summed E-state index contributed by atoms with van der Waals surface area (Å²) < 4.78 is 42.6. The molecule has 0 aliphatic carbocycles. The first-order valence-corrected chi connectivity index (χ1v) is 9.23. The van der Waals surface area contributed by atoms with Crippen LogP contribution >= 0.6 is 0 Å². The van der Waals surface area contributed by atoms with E-state index in [0.717, 1.165) is 36.2 Å². The Bertz CT molecular complexity index is 942. The molecule has 6 nitrogen and oxygen atoms in total. The molecule has 1 fully saturated rings. The van der Waals surface area contributed by atoms with Crippen LogP contribution < -0.4 is 5.32 Å². The molecule has 1 heterocycles. The molecule has 0 unspecified atom stereocenters. The zero-order valence-corrected chi connectivity index (χ0v) is 15.9. The number of hydrogen-bond donors (Lipinski definition) is 1. The van der Waals surface area contributed by atoms with Gasteiger partial charge in [0.25, 0.3) is 5.91 Å². The molecular weight excluding hydrogens is 401 g/mol. The fourth-order valence-electron chi connectivity index (χ4n) is 3.04. The number of benzene rings is 2. The van der Waals surface area contributed by atoms with Crippen LogP contribution in [0.2, 0.25) is 0 Å². The van der Waals surface area contributed by atoms with Crippen LogP contribution in [0.5, 0.6) is 0 Å². The number of anilines is 1. The fraction of sp³-hybridized carbons (Fsp3) is 0.286. The normalized spacial score (nSPS) is 14.0. The van der Waals surface area contributed by atoms with Gasteiger partial charge in [0.2, 0.25) is 5.91 Å². The van der Waals surface area contributed by atoms with E-state index < -0.39 is 30.2 Å². The average molecular weight is 420 g/mol. The summed E-state index contributed by atoms with van der Waals surface area (Å²) in [5.41, 5.74) is 0.333. The fourth-order valence-corrected chi connectivity index (χ4v) is 3.04.